The van der Waals surface area contributed by atoms with Crippen molar-refractivity contribution in [3.8, 4) is 0 Å². The van der Waals surface area contributed by atoms with Gasteiger partial charge >= 0.3 is 17.9 Å². The van der Waals surface area contributed by atoms with Crippen molar-refractivity contribution in [2.45, 2.75) is 214 Å². The molecule has 0 N–H and O–H groups in total. The molecule has 3 atom stereocenters. The van der Waals surface area contributed by atoms with Crippen LogP contribution in [-0.2, 0) is 28.6 Å². The van der Waals surface area contributed by atoms with E-state index in [-0.39, 0.29) is 29.7 Å². The van der Waals surface area contributed by atoms with Crippen molar-refractivity contribution < 1.29 is 28.6 Å². The third kappa shape index (κ3) is 37.5. The Morgan fingerprint density at radius 3 is 1.54 bits per heavy atom. The van der Waals surface area contributed by atoms with E-state index in [0.717, 1.165) is 116 Å². The number of nitrogens with zero attached hydrogens (tertiary/aromatic N) is 1. The molecule has 0 amide bonds. The van der Waals surface area contributed by atoms with Crippen LogP contribution in [-0.4, -0.2) is 62.8 Å². The zero-order valence-corrected chi connectivity index (χ0v) is 38.0. The van der Waals surface area contributed by atoms with Crippen LogP contribution in [0.15, 0.2) is 29.8 Å². The summed E-state index contributed by atoms with van der Waals surface area (Å²) in [5.41, 5.74) is 8.25. The maximum absolute atomic E-state index is 13.1. The van der Waals surface area contributed by atoms with E-state index in [4.69, 9.17) is 14.2 Å². The van der Waals surface area contributed by atoms with Gasteiger partial charge < -0.3 is 19.1 Å². The summed E-state index contributed by atoms with van der Waals surface area (Å²) in [6.07, 6.45) is 32.9. The lowest BCUT2D eigenvalue weighted by Gasteiger charge is -2.17. The van der Waals surface area contributed by atoms with E-state index in [1.165, 1.54) is 70.6 Å². The molecule has 3 unspecified atom stereocenters. The molecule has 330 valence electrons. The van der Waals surface area contributed by atoms with Crippen molar-refractivity contribution in [3.05, 3.63) is 29.8 Å². The normalized spacial score (nSPS) is 12.6. The molecular weight excluding hydrogens is 711 g/mol. The topological polar surface area (TPSA) is 82.1 Å². The molecule has 0 aliphatic rings. The summed E-state index contributed by atoms with van der Waals surface area (Å²) in [6, 6.07) is 0. The van der Waals surface area contributed by atoms with Crippen LogP contribution in [0.4, 0.5) is 0 Å². The lowest BCUT2D eigenvalue weighted by Crippen LogP contribution is -2.23. The zero-order valence-electron chi connectivity index (χ0n) is 38.0. The van der Waals surface area contributed by atoms with Crippen LogP contribution >= 0.6 is 0 Å². The van der Waals surface area contributed by atoms with Crippen LogP contribution in [0.25, 0.3) is 0 Å². The summed E-state index contributed by atoms with van der Waals surface area (Å²) in [6.45, 7) is 15.7. The quantitative estimate of drug-likeness (QED) is 0.0264. The first kappa shape index (κ1) is 54.5. The molecule has 7 nitrogen and oxygen atoms in total. The molecule has 0 saturated heterocycles. The number of carbonyl (C=O) groups is 3. The Kier molecular flexibility index (Phi) is 39.7. The fourth-order valence-electron chi connectivity index (χ4n) is 7.21. The monoisotopic (exact) mass is 800 g/mol. The highest BCUT2D eigenvalue weighted by molar-refractivity contribution is 5.72. The number of rotatable bonds is 41. The third-order valence-electron chi connectivity index (χ3n) is 11.1. The second-order valence-corrected chi connectivity index (χ2v) is 16.7. The minimum Gasteiger partial charge on any atom is -0.466 e. The van der Waals surface area contributed by atoms with E-state index in [9.17, 15) is 14.4 Å². The largest absolute Gasteiger partial charge is 0.466 e. The molecule has 0 heterocycles. The molecular formula is C50H89NO6. The van der Waals surface area contributed by atoms with Gasteiger partial charge in [0, 0.05) is 13.0 Å². The molecule has 0 saturated carbocycles. The molecule has 0 aliphatic carbocycles. The summed E-state index contributed by atoms with van der Waals surface area (Å²) in [5, 5.41) is 0. The van der Waals surface area contributed by atoms with Crippen LogP contribution in [0.5, 0.6) is 0 Å². The number of ether oxygens (including phenoxy) is 3. The predicted octanol–water partition coefficient (Wildman–Crippen LogP) is 13.4. The lowest BCUT2D eigenvalue weighted by atomic mass is 9.94. The predicted molar refractivity (Wildman–Crippen MR) is 238 cm³/mol. The van der Waals surface area contributed by atoms with Crippen molar-refractivity contribution in [2.24, 2.45) is 17.8 Å². The summed E-state index contributed by atoms with van der Waals surface area (Å²) < 4.78 is 16.8. The van der Waals surface area contributed by atoms with Gasteiger partial charge in [-0.05, 0) is 82.3 Å². The minimum atomic E-state index is -0.124. The van der Waals surface area contributed by atoms with Crippen molar-refractivity contribution in [1.82, 2.24) is 4.90 Å². The number of carbonyl (C=O) groups excluding carboxylic acids is 3. The van der Waals surface area contributed by atoms with Gasteiger partial charge in [0.05, 0.1) is 32.2 Å². The fourth-order valence-corrected chi connectivity index (χ4v) is 7.21. The van der Waals surface area contributed by atoms with E-state index in [1.807, 2.05) is 6.08 Å². The van der Waals surface area contributed by atoms with Gasteiger partial charge in [0.2, 0.25) is 0 Å². The van der Waals surface area contributed by atoms with Gasteiger partial charge in [-0.1, -0.05) is 174 Å². The number of hydrogen-bond acceptors (Lipinski definition) is 7. The molecule has 0 bridgehead atoms. The van der Waals surface area contributed by atoms with Gasteiger partial charge in [-0.2, -0.15) is 0 Å². The first-order valence-corrected chi connectivity index (χ1v) is 23.8. The highest BCUT2D eigenvalue weighted by atomic mass is 16.5. The van der Waals surface area contributed by atoms with Gasteiger partial charge in [0.25, 0.3) is 0 Å². The van der Waals surface area contributed by atoms with Crippen molar-refractivity contribution in [3.63, 3.8) is 0 Å². The molecule has 0 rings (SSSR count). The van der Waals surface area contributed by atoms with Crippen LogP contribution in [0.2, 0.25) is 0 Å². The maximum Gasteiger partial charge on any atom is 0.308 e. The summed E-state index contributed by atoms with van der Waals surface area (Å²) in [5.74, 6) is 0.414. The van der Waals surface area contributed by atoms with Crippen molar-refractivity contribution >= 4 is 17.9 Å². The zero-order chi connectivity index (χ0) is 42.0. The summed E-state index contributed by atoms with van der Waals surface area (Å²) in [7, 11) is 2.10. The van der Waals surface area contributed by atoms with Crippen molar-refractivity contribution in [1.29, 1.82) is 0 Å². The SMILES string of the molecule is C=C=C=C=CC(CCCCC)CC(=O)OCCCCCCCCCCC(CCCCCCCCCCOC(=O)CC(C)CCCCC)C(=O)OCCCN(C)CC. The van der Waals surface area contributed by atoms with Gasteiger partial charge in [-0.3, -0.25) is 14.4 Å². The number of hydrogen-bond donors (Lipinski definition) is 0. The van der Waals surface area contributed by atoms with Gasteiger partial charge in [-0.15, -0.1) is 0 Å². The average Bonchev–Trinajstić information content (AvgIpc) is 3.19. The van der Waals surface area contributed by atoms with E-state index in [2.05, 4.69) is 63.4 Å². The Morgan fingerprint density at radius 2 is 1.04 bits per heavy atom. The molecule has 0 radical (unpaired) electrons. The molecule has 0 aromatic carbocycles. The van der Waals surface area contributed by atoms with E-state index in [1.54, 1.807) is 0 Å². The van der Waals surface area contributed by atoms with E-state index in [0.29, 0.717) is 38.6 Å². The Balaban J connectivity index is 4.22. The third-order valence-corrected chi connectivity index (χ3v) is 11.1. The number of allylic oxidation sites excluding steroid dienone is 1. The molecule has 0 aromatic rings. The lowest BCUT2D eigenvalue weighted by molar-refractivity contribution is -0.149. The highest BCUT2D eigenvalue weighted by Gasteiger charge is 2.19. The van der Waals surface area contributed by atoms with E-state index < -0.39 is 0 Å². The Labute approximate surface area is 351 Å². The molecule has 0 aromatic heterocycles. The molecule has 7 heteroatoms. The fraction of sp³-hybridized carbons (Fsp3) is 0.840. The first-order valence-electron chi connectivity index (χ1n) is 23.8. The minimum absolute atomic E-state index is 0.00617. The molecule has 0 fully saturated rings. The van der Waals surface area contributed by atoms with Gasteiger partial charge in [0.1, 0.15) is 0 Å². The smallest absolute Gasteiger partial charge is 0.308 e. The van der Waals surface area contributed by atoms with Crippen LogP contribution < -0.4 is 0 Å². The standard InChI is InChI=1S/C50H89NO6/c1-7-11-26-34-45(5)43-48(52)55-40-31-24-20-16-14-18-22-29-37-47(50(54)57-42-33-39-51(6)10-4)38-30-23-19-15-17-21-25-32-41-56-49(53)44-46(35-27-12-8-2)36-28-13-9-3/h35,45-47H,2,7,9-11,13-26,28-34,36-44H2,1,3-6H3. The number of esters is 3. The van der Waals surface area contributed by atoms with Gasteiger partial charge in [-0.25, -0.2) is 0 Å². The van der Waals surface area contributed by atoms with Crippen LogP contribution in [0.3, 0.4) is 0 Å². The molecule has 57 heavy (non-hydrogen) atoms. The van der Waals surface area contributed by atoms with Crippen molar-refractivity contribution in [2.75, 3.05) is 40.0 Å². The Bertz CT molecular complexity index is 1090. The molecule has 0 aliphatic heterocycles. The summed E-state index contributed by atoms with van der Waals surface area (Å²) in [4.78, 5) is 39.8. The second-order valence-electron chi connectivity index (χ2n) is 16.7. The summed E-state index contributed by atoms with van der Waals surface area (Å²) >= 11 is 0. The molecule has 0 spiro atoms. The highest BCUT2D eigenvalue weighted by Crippen LogP contribution is 2.22. The van der Waals surface area contributed by atoms with E-state index >= 15 is 0 Å². The first-order chi connectivity index (χ1) is 27.8. The van der Waals surface area contributed by atoms with Gasteiger partial charge in [0.15, 0.2) is 0 Å². The number of unbranched alkanes of at least 4 members (excludes halogenated alkanes) is 18. The second kappa shape index (κ2) is 41.6. The van der Waals surface area contributed by atoms with Crippen LogP contribution in [0.1, 0.15) is 214 Å². The Morgan fingerprint density at radius 1 is 0.579 bits per heavy atom. The average molecular weight is 800 g/mol. The Hall–Kier alpha value is -2.55. The van der Waals surface area contributed by atoms with Crippen LogP contribution in [0, 0.1) is 17.8 Å². The maximum atomic E-state index is 13.1.